The van der Waals surface area contributed by atoms with Crippen LogP contribution in [0.5, 0.6) is 11.5 Å². The van der Waals surface area contributed by atoms with Crippen molar-refractivity contribution in [3.8, 4) is 11.5 Å². The van der Waals surface area contributed by atoms with Gasteiger partial charge in [0.15, 0.2) is 11.5 Å². The van der Waals surface area contributed by atoms with Crippen LogP contribution in [0.2, 0.25) is 0 Å². The molecular formula is C17H18N2O3. The van der Waals surface area contributed by atoms with Crippen LogP contribution < -0.4 is 20.1 Å². The molecule has 1 heterocycles. The fourth-order valence-corrected chi connectivity index (χ4v) is 2.58. The van der Waals surface area contributed by atoms with Crippen molar-refractivity contribution in [1.29, 1.82) is 0 Å². The van der Waals surface area contributed by atoms with E-state index < -0.39 is 0 Å². The number of hydrogen-bond acceptors (Lipinski definition) is 4. The molecule has 0 unspecified atom stereocenters. The van der Waals surface area contributed by atoms with Crippen LogP contribution in [0.1, 0.15) is 29.0 Å². The van der Waals surface area contributed by atoms with Crippen LogP contribution in [0.3, 0.4) is 0 Å². The molecule has 1 aliphatic rings. The van der Waals surface area contributed by atoms with Gasteiger partial charge >= 0.3 is 0 Å². The van der Waals surface area contributed by atoms with E-state index in [1.807, 2.05) is 43.3 Å². The van der Waals surface area contributed by atoms with E-state index in [1.54, 1.807) is 13.2 Å². The third-order valence-corrected chi connectivity index (χ3v) is 3.58. The van der Waals surface area contributed by atoms with Gasteiger partial charge in [0, 0.05) is 11.3 Å². The maximum Gasteiger partial charge on any atom is 0.255 e. The lowest BCUT2D eigenvalue weighted by Gasteiger charge is -2.29. The topological polar surface area (TPSA) is 59.6 Å². The number of carbonyl (C=O) groups is 1. The fraction of sp³-hybridized carbons (Fsp3) is 0.235. The molecule has 22 heavy (non-hydrogen) atoms. The number of fused-ring (bicyclic) bond motifs is 1. The lowest BCUT2D eigenvalue weighted by atomic mass is 10.0. The number of hydrogen-bond donors (Lipinski definition) is 2. The highest BCUT2D eigenvalue weighted by Crippen LogP contribution is 2.37. The Morgan fingerprint density at radius 3 is 2.68 bits per heavy atom. The van der Waals surface area contributed by atoms with Crippen molar-refractivity contribution in [2.75, 3.05) is 19.0 Å². The summed E-state index contributed by atoms with van der Waals surface area (Å²) >= 11 is 0. The number of ether oxygens (including phenoxy) is 2. The van der Waals surface area contributed by atoms with E-state index >= 15 is 0 Å². The van der Waals surface area contributed by atoms with Gasteiger partial charge in [-0.25, -0.2) is 0 Å². The molecule has 114 valence electrons. The van der Waals surface area contributed by atoms with E-state index in [0.717, 1.165) is 11.3 Å². The molecule has 0 radical (unpaired) electrons. The van der Waals surface area contributed by atoms with E-state index in [0.29, 0.717) is 23.7 Å². The van der Waals surface area contributed by atoms with Gasteiger partial charge in [0.25, 0.3) is 5.91 Å². The highest BCUT2D eigenvalue weighted by Gasteiger charge is 2.27. The molecular weight excluding hydrogens is 280 g/mol. The van der Waals surface area contributed by atoms with E-state index in [4.69, 9.17) is 9.47 Å². The summed E-state index contributed by atoms with van der Waals surface area (Å²) in [4.78, 5) is 12.3. The Morgan fingerprint density at radius 1 is 1.09 bits per heavy atom. The minimum atomic E-state index is -0.362. The van der Waals surface area contributed by atoms with Crippen molar-refractivity contribution in [1.82, 2.24) is 5.32 Å². The quantitative estimate of drug-likeness (QED) is 0.911. The van der Waals surface area contributed by atoms with Gasteiger partial charge in [-0.3, -0.25) is 4.79 Å². The van der Waals surface area contributed by atoms with Crippen LogP contribution in [0.25, 0.3) is 0 Å². The molecule has 5 nitrogen and oxygen atoms in total. The highest BCUT2D eigenvalue weighted by atomic mass is 16.5. The molecule has 0 aromatic heterocycles. The minimum absolute atomic E-state index is 0.107. The molecule has 5 heteroatoms. The molecule has 0 spiro atoms. The summed E-state index contributed by atoms with van der Waals surface area (Å²) in [5.41, 5.74) is 2.28. The molecule has 3 rings (SSSR count). The van der Waals surface area contributed by atoms with Crippen molar-refractivity contribution >= 4 is 11.6 Å². The van der Waals surface area contributed by atoms with E-state index in [1.165, 1.54) is 0 Å². The predicted octanol–water partition coefficient (Wildman–Crippen LogP) is 2.95. The number of para-hydroxylation sites is 2. The Labute approximate surface area is 129 Å². The van der Waals surface area contributed by atoms with Crippen molar-refractivity contribution in [2.24, 2.45) is 0 Å². The molecule has 2 N–H and O–H groups in total. The zero-order valence-electron chi connectivity index (χ0n) is 12.6. The molecule has 1 atom stereocenters. The number of benzene rings is 2. The van der Waals surface area contributed by atoms with Crippen LogP contribution in [0.4, 0.5) is 5.69 Å². The molecule has 0 saturated carbocycles. The van der Waals surface area contributed by atoms with Gasteiger partial charge in [0.1, 0.15) is 6.17 Å². The first-order valence-electron chi connectivity index (χ1n) is 7.20. The summed E-state index contributed by atoms with van der Waals surface area (Å²) in [6, 6.07) is 13.1. The summed E-state index contributed by atoms with van der Waals surface area (Å²) in [5.74, 6) is 1.18. The van der Waals surface area contributed by atoms with Crippen LogP contribution >= 0.6 is 0 Å². The maximum atomic E-state index is 12.3. The molecule has 0 saturated heterocycles. The van der Waals surface area contributed by atoms with Crippen molar-refractivity contribution < 1.29 is 14.3 Å². The molecule has 0 bridgehead atoms. The number of nitrogens with one attached hydrogen (secondary N) is 2. The molecule has 1 amide bonds. The largest absolute Gasteiger partial charge is 0.493 e. The van der Waals surface area contributed by atoms with Crippen LogP contribution in [-0.2, 0) is 0 Å². The predicted molar refractivity (Wildman–Crippen MR) is 84.4 cm³/mol. The first kappa shape index (κ1) is 14.3. The Kier molecular flexibility index (Phi) is 3.87. The Balaban J connectivity index is 2.01. The molecule has 2 aromatic rings. The van der Waals surface area contributed by atoms with Crippen molar-refractivity contribution in [3.63, 3.8) is 0 Å². The van der Waals surface area contributed by atoms with Crippen molar-refractivity contribution in [3.05, 3.63) is 53.6 Å². The second-order valence-corrected chi connectivity index (χ2v) is 4.91. The lowest BCUT2D eigenvalue weighted by Crippen LogP contribution is -2.38. The first-order chi connectivity index (χ1) is 10.7. The van der Waals surface area contributed by atoms with Crippen LogP contribution in [0, 0.1) is 0 Å². The van der Waals surface area contributed by atoms with Crippen LogP contribution in [-0.4, -0.2) is 19.6 Å². The standard InChI is InChI=1S/C17H18N2O3/c1-3-22-15-12(8-6-10-14(15)21-2)16-18-13-9-5-4-7-11(13)17(20)19-16/h4-10,16,18H,3H2,1-2H3,(H,19,20)/t16-/m1/s1. The smallest absolute Gasteiger partial charge is 0.255 e. The number of carbonyl (C=O) groups excluding carboxylic acids is 1. The Bertz CT molecular complexity index is 700. The zero-order valence-corrected chi connectivity index (χ0v) is 12.6. The van der Waals surface area contributed by atoms with Crippen LogP contribution in [0.15, 0.2) is 42.5 Å². The fourth-order valence-electron chi connectivity index (χ4n) is 2.58. The van der Waals surface area contributed by atoms with Gasteiger partial charge in [0.2, 0.25) is 0 Å². The summed E-state index contributed by atoms with van der Waals surface area (Å²) in [7, 11) is 1.60. The first-order valence-corrected chi connectivity index (χ1v) is 7.20. The van der Waals surface area contributed by atoms with Gasteiger partial charge < -0.3 is 20.1 Å². The summed E-state index contributed by atoms with van der Waals surface area (Å²) in [6.07, 6.45) is -0.362. The highest BCUT2D eigenvalue weighted by molar-refractivity contribution is 6.01. The molecule has 2 aromatic carbocycles. The number of amides is 1. The van der Waals surface area contributed by atoms with Gasteiger partial charge in [-0.2, -0.15) is 0 Å². The number of rotatable bonds is 4. The summed E-state index contributed by atoms with van der Waals surface area (Å²) < 4.78 is 11.1. The number of methoxy groups -OCH3 is 1. The average molecular weight is 298 g/mol. The third-order valence-electron chi connectivity index (χ3n) is 3.58. The molecule has 0 fully saturated rings. The second kappa shape index (κ2) is 5.97. The van der Waals surface area contributed by atoms with E-state index in [9.17, 15) is 4.79 Å². The minimum Gasteiger partial charge on any atom is -0.493 e. The average Bonchev–Trinajstić information content (AvgIpc) is 2.55. The van der Waals surface area contributed by atoms with Gasteiger partial charge in [0.05, 0.1) is 19.3 Å². The Hall–Kier alpha value is -2.69. The van der Waals surface area contributed by atoms with Gasteiger partial charge in [-0.1, -0.05) is 24.3 Å². The van der Waals surface area contributed by atoms with E-state index in [2.05, 4.69) is 10.6 Å². The monoisotopic (exact) mass is 298 g/mol. The zero-order chi connectivity index (χ0) is 15.5. The van der Waals surface area contributed by atoms with Gasteiger partial charge in [-0.05, 0) is 25.1 Å². The third kappa shape index (κ3) is 2.45. The summed E-state index contributed by atoms with van der Waals surface area (Å²) in [6.45, 7) is 2.43. The number of anilines is 1. The second-order valence-electron chi connectivity index (χ2n) is 4.91. The van der Waals surface area contributed by atoms with E-state index in [-0.39, 0.29) is 12.1 Å². The normalized spacial score (nSPS) is 16.3. The van der Waals surface area contributed by atoms with Crippen molar-refractivity contribution in [2.45, 2.75) is 13.1 Å². The maximum absolute atomic E-state index is 12.3. The Morgan fingerprint density at radius 2 is 1.91 bits per heavy atom. The molecule has 0 aliphatic carbocycles. The van der Waals surface area contributed by atoms with Gasteiger partial charge in [-0.15, -0.1) is 0 Å². The molecule has 1 aliphatic heterocycles. The summed E-state index contributed by atoms with van der Waals surface area (Å²) in [5, 5.41) is 6.28. The SMILES string of the molecule is CCOc1c(OC)cccc1[C@H]1NC(=O)c2ccccc2N1. The lowest BCUT2D eigenvalue weighted by molar-refractivity contribution is 0.0935.